The quantitative estimate of drug-likeness (QED) is 0.915. The van der Waals surface area contributed by atoms with E-state index in [0.717, 1.165) is 0 Å². The molecule has 104 valence electrons. The first-order chi connectivity index (χ1) is 9.56. The van der Waals surface area contributed by atoms with Crippen LogP contribution in [-0.2, 0) is 4.79 Å². The third-order valence-corrected chi connectivity index (χ3v) is 3.23. The second-order valence-electron chi connectivity index (χ2n) is 4.19. The van der Waals surface area contributed by atoms with Crippen molar-refractivity contribution in [1.29, 1.82) is 0 Å². The summed E-state index contributed by atoms with van der Waals surface area (Å²) < 4.78 is 18.9. The van der Waals surface area contributed by atoms with Crippen LogP contribution >= 0.6 is 15.9 Å². The molecule has 0 unspecified atom stereocenters. The van der Waals surface area contributed by atoms with Crippen molar-refractivity contribution in [1.82, 2.24) is 0 Å². The summed E-state index contributed by atoms with van der Waals surface area (Å²) >= 11 is 3.19. The van der Waals surface area contributed by atoms with Crippen LogP contribution in [0.5, 0.6) is 5.75 Å². The lowest BCUT2D eigenvalue weighted by molar-refractivity contribution is -0.122. The van der Waals surface area contributed by atoms with Gasteiger partial charge in [0.1, 0.15) is 11.6 Å². The zero-order valence-electron chi connectivity index (χ0n) is 10.8. The molecule has 2 aromatic rings. The minimum absolute atomic E-state index is 0.271. The predicted molar refractivity (Wildman–Crippen MR) is 79.3 cm³/mol. The van der Waals surface area contributed by atoms with Crippen molar-refractivity contribution in [2.24, 2.45) is 0 Å². The SMILES string of the molecule is C[C@H](Oc1ccc(F)cc1Br)C(=O)Nc1ccccc1. The normalized spacial score (nSPS) is 11.8. The molecule has 1 N–H and O–H groups in total. The van der Waals surface area contributed by atoms with Crippen LogP contribution in [0.15, 0.2) is 53.0 Å². The molecule has 0 bridgehead atoms. The van der Waals surface area contributed by atoms with Gasteiger partial charge in [-0.15, -0.1) is 0 Å². The Hall–Kier alpha value is -1.88. The Balaban J connectivity index is 2.00. The molecular formula is C15H13BrFNO2. The Morgan fingerprint density at radius 2 is 1.95 bits per heavy atom. The number of nitrogens with one attached hydrogen (secondary N) is 1. The summed E-state index contributed by atoms with van der Waals surface area (Å²) in [7, 11) is 0. The van der Waals surface area contributed by atoms with Gasteiger partial charge in [0.25, 0.3) is 5.91 Å². The minimum Gasteiger partial charge on any atom is -0.480 e. The van der Waals surface area contributed by atoms with E-state index in [1.165, 1.54) is 18.2 Å². The third kappa shape index (κ3) is 3.81. The molecule has 0 radical (unpaired) electrons. The standard InChI is InChI=1S/C15H13BrFNO2/c1-10(15(19)18-12-5-3-2-4-6-12)20-14-8-7-11(17)9-13(14)16/h2-10H,1H3,(H,18,19)/t10-/m0/s1. The van der Waals surface area contributed by atoms with E-state index in [2.05, 4.69) is 21.2 Å². The molecule has 2 aromatic carbocycles. The van der Waals surface area contributed by atoms with Gasteiger partial charge in [0, 0.05) is 5.69 Å². The fourth-order valence-corrected chi connectivity index (χ4v) is 2.02. The molecule has 0 saturated carbocycles. The van der Waals surface area contributed by atoms with Crippen LogP contribution in [-0.4, -0.2) is 12.0 Å². The molecule has 0 aromatic heterocycles. The van der Waals surface area contributed by atoms with E-state index < -0.39 is 6.10 Å². The van der Waals surface area contributed by atoms with Crippen LogP contribution < -0.4 is 10.1 Å². The molecular weight excluding hydrogens is 325 g/mol. The number of para-hydroxylation sites is 1. The molecule has 2 rings (SSSR count). The maximum Gasteiger partial charge on any atom is 0.265 e. The highest BCUT2D eigenvalue weighted by molar-refractivity contribution is 9.10. The van der Waals surface area contributed by atoms with E-state index in [-0.39, 0.29) is 11.7 Å². The van der Waals surface area contributed by atoms with Crippen LogP contribution in [0.1, 0.15) is 6.92 Å². The van der Waals surface area contributed by atoms with Gasteiger partial charge in [-0.25, -0.2) is 4.39 Å². The number of amides is 1. The molecule has 0 aliphatic heterocycles. The van der Waals surface area contributed by atoms with Gasteiger partial charge in [-0.3, -0.25) is 4.79 Å². The Kier molecular flexibility index (Phi) is 4.74. The molecule has 0 spiro atoms. The van der Waals surface area contributed by atoms with Crippen molar-refractivity contribution in [3.8, 4) is 5.75 Å². The van der Waals surface area contributed by atoms with Gasteiger partial charge >= 0.3 is 0 Å². The first-order valence-electron chi connectivity index (χ1n) is 6.04. The van der Waals surface area contributed by atoms with Crippen molar-refractivity contribution in [3.05, 3.63) is 58.8 Å². The lowest BCUT2D eigenvalue weighted by Crippen LogP contribution is -2.30. The van der Waals surface area contributed by atoms with Crippen LogP contribution in [0, 0.1) is 5.82 Å². The van der Waals surface area contributed by atoms with Crippen LogP contribution in [0.2, 0.25) is 0 Å². The molecule has 0 heterocycles. The second-order valence-corrected chi connectivity index (χ2v) is 5.04. The lowest BCUT2D eigenvalue weighted by Gasteiger charge is -2.15. The van der Waals surface area contributed by atoms with Crippen LogP contribution in [0.3, 0.4) is 0 Å². The Morgan fingerprint density at radius 3 is 2.60 bits per heavy atom. The van der Waals surface area contributed by atoms with E-state index in [9.17, 15) is 9.18 Å². The predicted octanol–water partition coefficient (Wildman–Crippen LogP) is 3.99. The molecule has 0 fully saturated rings. The van der Waals surface area contributed by atoms with E-state index in [4.69, 9.17) is 4.74 Å². The van der Waals surface area contributed by atoms with Crippen molar-refractivity contribution < 1.29 is 13.9 Å². The average molecular weight is 338 g/mol. The van der Waals surface area contributed by atoms with Crippen molar-refractivity contribution in [3.63, 3.8) is 0 Å². The second kappa shape index (κ2) is 6.52. The maximum absolute atomic E-state index is 13.0. The number of hydrogen-bond donors (Lipinski definition) is 1. The number of rotatable bonds is 4. The first-order valence-corrected chi connectivity index (χ1v) is 6.83. The summed E-state index contributed by atoms with van der Waals surface area (Å²) in [6, 6.07) is 13.2. The Morgan fingerprint density at radius 1 is 1.25 bits per heavy atom. The first kappa shape index (κ1) is 14.5. The highest BCUT2D eigenvalue weighted by Crippen LogP contribution is 2.26. The zero-order valence-corrected chi connectivity index (χ0v) is 12.4. The van der Waals surface area contributed by atoms with Crippen molar-refractivity contribution >= 4 is 27.5 Å². The van der Waals surface area contributed by atoms with Gasteiger partial charge in [-0.05, 0) is 53.2 Å². The van der Waals surface area contributed by atoms with E-state index in [0.29, 0.717) is 15.9 Å². The average Bonchev–Trinajstić information content (AvgIpc) is 2.43. The number of hydrogen-bond acceptors (Lipinski definition) is 2. The third-order valence-electron chi connectivity index (χ3n) is 2.61. The van der Waals surface area contributed by atoms with Crippen LogP contribution in [0.25, 0.3) is 0 Å². The highest BCUT2D eigenvalue weighted by Gasteiger charge is 2.16. The van der Waals surface area contributed by atoms with Crippen molar-refractivity contribution in [2.45, 2.75) is 13.0 Å². The lowest BCUT2D eigenvalue weighted by atomic mass is 10.3. The monoisotopic (exact) mass is 337 g/mol. The fraction of sp³-hybridized carbons (Fsp3) is 0.133. The van der Waals surface area contributed by atoms with E-state index in [1.807, 2.05) is 18.2 Å². The molecule has 0 aliphatic rings. The maximum atomic E-state index is 13.0. The Bertz CT molecular complexity index is 604. The minimum atomic E-state index is -0.697. The zero-order chi connectivity index (χ0) is 14.5. The van der Waals surface area contributed by atoms with Gasteiger partial charge in [-0.2, -0.15) is 0 Å². The smallest absolute Gasteiger partial charge is 0.265 e. The number of halogens is 2. The van der Waals surface area contributed by atoms with Crippen molar-refractivity contribution in [2.75, 3.05) is 5.32 Å². The number of ether oxygens (including phenoxy) is 1. The molecule has 0 aliphatic carbocycles. The summed E-state index contributed by atoms with van der Waals surface area (Å²) in [4.78, 5) is 12.0. The van der Waals surface area contributed by atoms with E-state index in [1.54, 1.807) is 19.1 Å². The molecule has 0 saturated heterocycles. The van der Waals surface area contributed by atoms with Crippen LogP contribution in [0.4, 0.5) is 10.1 Å². The summed E-state index contributed by atoms with van der Waals surface area (Å²) in [6.07, 6.45) is -0.697. The molecule has 3 nitrogen and oxygen atoms in total. The number of benzene rings is 2. The molecule has 1 amide bonds. The number of carbonyl (C=O) groups is 1. The fourth-order valence-electron chi connectivity index (χ4n) is 1.58. The highest BCUT2D eigenvalue weighted by atomic mass is 79.9. The Labute approximate surface area is 124 Å². The topological polar surface area (TPSA) is 38.3 Å². The number of anilines is 1. The van der Waals surface area contributed by atoms with Gasteiger partial charge in [0.15, 0.2) is 6.10 Å². The largest absolute Gasteiger partial charge is 0.480 e. The van der Waals surface area contributed by atoms with E-state index >= 15 is 0 Å². The summed E-state index contributed by atoms with van der Waals surface area (Å²) in [5, 5.41) is 2.74. The summed E-state index contributed by atoms with van der Waals surface area (Å²) in [6.45, 7) is 1.63. The van der Waals surface area contributed by atoms with Gasteiger partial charge in [0.05, 0.1) is 4.47 Å². The van der Waals surface area contributed by atoms with Gasteiger partial charge < -0.3 is 10.1 Å². The molecule has 5 heteroatoms. The molecule has 20 heavy (non-hydrogen) atoms. The molecule has 1 atom stereocenters. The van der Waals surface area contributed by atoms with Gasteiger partial charge in [-0.1, -0.05) is 18.2 Å². The van der Waals surface area contributed by atoms with Gasteiger partial charge in [0.2, 0.25) is 0 Å². The summed E-state index contributed by atoms with van der Waals surface area (Å²) in [5.74, 6) is -0.222. The summed E-state index contributed by atoms with van der Waals surface area (Å²) in [5.41, 5.74) is 0.700. The number of carbonyl (C=O) groups excluding carboxylic acids is 1.